The molecule has 0 saturated heterocycles. The van der Waals surface area contributed by atoms with Gasteiger partial charge in [0.1, 0.15) is 0 Å². The summed E-state index contributed by atoms with van der Waals surface area (Å²) in [5.74, 6) is 0. The van der Waals surface area contributed by atoms with Crippen molar-refractivity contribution in [3.05, 3.63) is 54.1 Å². The SMILES string of the molecule is C=C(C)CCCCCCCNC(=C)c1ccccc1C. The number of unbranched alkanes of at least 4 members (excludes halogenated alkanes) is 4. The summed E-state index contributed by atoms with van der Waals surface area (Å²) >= 11 is 0. The first-order valence-corrected chi connectivity index (χ1v) is 7.74. The number of rotatable bonds is 10. The van der Waals surface area contributed by atoms with Crippen LogP contribution in [0.2, 0.25) is 0 Å². The summed E-state index contributed by atoms with van der Waals surface area (Å²) in [4.78, 5) is 0. The van der Waals surface area contributed by atoms with Gasteiger partial charge in [-0.25, -0.2) is 0 Å². The number of nitrogens with one attached hydrogen (secondary N) is 1. The third-order valence-corrected chi connectivity index (χ3v) is 3.59. The van der Waals surface area contributed by atoms with Crippen molar-refractivity contribution >= 4 is 5.70 Å². The van der Waals surface area contributed by atoms with Gasteiger partial charge in [0.2, 0.25) is 0 Å². The van der Waals surface area contributed by atoms with E-state index in [1.165, 1.54) is 55.2 Å². The van der Waals surface area contributed by atoms with Crippen molar-refractivity contribution in [1.82, 2.24) is 5.32 Å². The van der Waals surface area contributed by atoms with E-state index in [0.717, 1.165) is 12.2 Å². The second-order valence-corrected chi connectivity index (χ2v) is 5.70. The minimum Gasteiger partial charge on any atom is -0.385 e. The van der Waals surface area contributed by atoms with Gasteiger partial charge in [-0.2, -0.15) is 0 Å². The maximum Gasteiger partial charge on any atom is 0.0343 e. The molecule has 110 valence electrons. The molecular weight excluding hydrogens is 242 g/mol. The summed E-state index contributed by atoms with van der Waals surface area (Å²) in [6.07, 6.45) is 7.64. The molecule has 0 heterocycles. The molecule has 1 N–H and O–H groups in total. The van der Waals surface area contributed by atoms with Gasteiger partial charge in [0.15, 0.2) is 0 Å². The van der Waals surface area contributed by atoms with Gasteiger partial charge >= 0.3 is 0 Å². The zero-order valence-electron chi connectivity index (χ0n) is 13.2. The van der Waals surface area contributed by atoms with Crippen LogP contribution in [0.25, 0.3) is 5.70 Å². The summed E-state index contributed by atoms with van der Waals surface area (Å²) in [7, 11) is 0. The van der Waals surface area contributed by atoms with Crippen LogP contribution in [0.4, 0.5) is 0 Å². The van der Waals surface area contributed by atoms with Crippen LogP contribution in [0.5, 0.6) is 0 Å². The molecule has 0 aliphatic carbocycles. The van der Waals surface area contributed by atoms with Crippen molar-refractivity contribution < 1.29 is 0 Å². The van der Waals surface area contributed by atoms with Crippen LogP contribution in [0, 0.1) is 6.92 Å². The van der Waals surface area contributed by atoms with Gasteiger partial charge in [-0.15, -0.1) is 6.58 Å². The minimum absolute atomic E-state index is 1.02. The molecule has 0 aliphatic rings. The van der Waals surface area contributed by atoms with E-state index in [2.05, 4.69) is 56.6 Å². The predicted octanol–water partition coefficient (Wildman–Crippen LogP) is 5.47. The van der Waals surface area contributed by atoms with Crippen molar-refractivity contribution in [3.63, 3.8) is 0 Å². The van der Waals surface area contributed by atoms with Crippen LogP contribution in [-0.2, 0) is 0 Å². The average molecular weight is 271 g/mol. The van der Waals surface area contributed by atoms with Crippen molar-refractivity contribution in [3.8, 4) is 0 Å². The van der Waals surface area contributed by atoms with Crippen molar-refractivity contribution in [2.24, 2.45) is 0 Å². The highest BCUT2D eigenvalue weighted by Crippen LogP contribution is 2.14. The monoisotopic (exact) mass is 271 g/mol. The molecule has 0 unspecified atom stereocenters. The third-order valence-electron chi connectivity index (χ3n) is 3.59. The third kappa shape index (κ3) is 6.60. The molecule has 0 radical (unpaired) electrons. The molecule has 0 aliphatic heterocycles. The Hall–Kier alpha value is -1.50. The Balaban J connectivity index is 2.08. The molecule has 1 aromatic carbocycles. The lowest BCUT2D eigenvalue weighted by Crippen LogP contribution is -2.13. The molecule has 0 spiro atoms. The molecule has 0 atom stereocenters. The number of hydrogen-bond donors (Lipinski definition) is 1. The maximum atomic E-state index is 4.13. The molecule has 1 nitrogen and oxygen atoms in total. The molecule has 1 aromatic rings. The number of hydrogen-bond acceptors (Lipinski definition) is 1. The van der Waals surface area contributed by atoms with E-state index in [9.17, 15) is 0 Å². The Morgan fingerprint density at radius 3 is 2.35 bits per heavy atom. The van der Waals surface area contributed by atoms with Gasteiger partial charge < -0.3 is 5.32 Å². The summed E-state index contributed by atoms with van der Waals surface area (Å²) in [6.45, 7) is 13.3. The van der Waals surface area contributed by atoms with Crippen LogP contribution in [-0.4, -0.2) is 6.54 Å². The fourth-order valence-electron chi connectivity index (χ4n) is 2.33. The molecule has 0 bridgehead atoms. The standard InChI is InChI=1S/C19H29N/c1-16(2)12-8-6-5-7-11-15-20-18(4)19-14-10-9-13-17(19)3/h9-10,13-14,20H,1,4-8,11-12,15H2,2-3H3. The van der Waals surface area contributed by atoms with Crippen LogP contribution in [0.1, 0.15) is 56.6 Å². The summed E-state index contributed by atoms with van der Waals surface area (Å²) in [6, 6.07) is 8.39. The maximum absolute atomic E-state index is 4.13. The van der Waals surface area contributed by atoms with Gasteiger partial charge in [0.05, 0.1) is 0 Å². The van der Waals surface area contributed by atoms with Gasteiger partial charge in [-0.1, -0.05) is 55.7 Å². The Labute approximate surface area is 124 Å². The topological polar surface area (TPSA) is 12.0 Å². The van der Waals surface area contributed by atoms with Gasteiger partial charge in [-0.3, -0.25) is 0 Å². The van der Waals surface area contributed by atoms with E-state index < -0.39 is 0 Å². The molecule has 0 fully saturated rings. The van der Waals surface area contributed by atoms with E-state index in [1.807, 2.05) is 0 Å². The Kier molecular flexibility index (Phi) is 7.79. The summed E-state index contributed by atoms with van der Waals surface area (Å²) in [5.41, 5.74) is 4.87. The van der Waals surface area contributed by atoms with Gasteiger partial charge in [0, 0.05) is 12.2 Å². The van der Waals surface area contributed by atoms with Crippen molar-refractivity contribution in [2.75, 3.05) is 6.54 Å². The number of allylic oxidation sites excluding steroid dienone is 1. The van der Waals surface area contributed by atoms with Crippen LogP contribution in [0.15, 0.2) is 43.0 Å². The normalized spacial score (nSPS) is 10.3. The molecule has 1 heteroatoms. The Morgan fingerprint density at radius 2 is 1.65 bits per heavy atom. The largest absolute Gasteiger partial charge is 0.385 e. The van der Waals surface area contributed by atoms with E-state index in [1.54, 1.807) is 0 Å². The highest BCUT2D eigenvalue weighted by molar-refractivity contribution is 5.64. The summed E-state index contributed by atoms with van der Waals surface area (Å²) < 4.78 is 0. The lowest BCUT2D eigenvalue weighted by atomic mass is 10.1. The second-order valence-electron chi connectivity index (χ2n) is 5.70. The van der Waals surface area contributed by atoms with Crippen LogP contribution >= 0.6 is 0 Å². The fourth-order valence-corrected chi connectivity index (χ4v) is 2.33. The lowest BCUT2D eigenvalue weighted by Gasteiger charge is -2.12. The van der Waals surface area contributed by atoms with Crippen LogP contribution in [0.3, 0.4) is 0 Å². The number of benzene rings is 1. The molecule has 0 saturated carbocycles. The van der Waals surface area contributed by atoms with Crippen molar-refractivity contribution in [1.29, 1.82) is 0 Å². The second kappa shape index (κ2) is 9.41. The van der Waals surface area contributed by atoms with Gasteiger partial charge in [0.25, 0.3) is 0 Å². The molecular formula is C19H29N. The lowest BCUT2D eigenvalue weighted by molar-refractivity contribution is 0.605. The first-order chi connectivity index (χ1) is 9.61. The van der Waals surface area contributed by atoms with E-state index in [4.69, 9.17) is 0 Å². The quantitative estimate of drug-likeness (QED) is 0.439. The van der Waals surface area contributed by atoms with Crippen LogP contribution < -0.4 is 5.32 Å². The molecule has 1 rings (SSSR count). The average Bonchev–Trinajstić information content (AvgIpc) is 2.41. The van der Waals surface area contributed by atoms with Gasteiger partial charge in [-0.05, 0) is 44.2 Å². The molecule has 0 amide bonds. The smallest absolute Gasteiger partial charge is 0.0343 e. The first kappa shape index (κ1) is 16.6. The fraction of sp³-hybridized carbons (Fsp3) is 0.474. The number of aryl methyl sites for hydroxylation is 1. The van der Waals surface area contributed by atoms with Crippen molar-refractivity contribution in [2.45, 2.75) is 52.4 Å². The van der Waals surface area contributed by atoms with E-state index >= 15 is 0 Å². The zero-order valence-corrected chi connectivity index (χ0v) is 13.2. The Bertz CT molecular complexity index is 431. The van der Waals surface area contributed by atoms with E-state index in [-0.39, 0.29) is 0 Å². The molecule has 0 aromatic heterocycles. The summed E-state index contributed by atoms with van der Waals surface area (Å²) in [5, 5.41) is 3.44. The minimum atomic E-state index is 1.02. The molecule has 20 heavy (non-hydrogen) atoms. The highest BCUT2D eigenvalue weighted by atomic mass is 14.9. The predicted molar refractivity (Wildman–Crippen MR) is 90.7 cm³/mol. The Morgan fingerprint density at radius 1 is 1.00 bits per heavy atom. The first-order valence-electron chi connectivity index (χ1n) is 7.74. The van der Waals surface area contributed by atoms with E-state index in [0.29, 0.717) is 0 Å². The zero-order chi connectivity index (χ0) is 14.8. The highest BCUT2D eigenvalue weighted by Gasteiger charge is 2.00.